The summed E-state index contributed by atoms with van der Waals surface area (Å²) in [6, 6.07) is 10.0. The Morgan fingerprint density at radius 3 is 2.67 bits per heavy atom. The lowest BCUT2D eigenvalue weighted by molar-refractivity contribution is 0.0943. The van der Waals surface area contributed by atoms with Gasteiger partial charge in [-0.1, -0.05) is 17.7 Å². The van der Waals surface area contributed by atoms with Crippen LogP contribution in [-0.2, 0) is 0 Å². The van der Waals surface area contributed by atoms with Crippen LogP contribution in [0.2, 0.25) is 0 Å². The van der Waals surface area contributed by atoms with E-state index in [1.54, 1.807) is 6.20 Å². The molecule has 6 nitrogen and oxygen atoms in total. The van der Waals surface area contributed by atoms with Gasteiger partial charge in [-0.3, -0.25) is 4.79 Å². The molecule has 0 atom stereocenters. The summed E-state index contributed by atoms with van der Waals surface area (Å²) < 4.78 is 0. The van der Waals surface area contributed by atoms with Crippen LogP contribution in [0.1, 0.15) is 41.6 Å². The zero-order valence-electron chi connectivity index (χ0n) is 16.4. The maximum atomic E-state index is 12.3. The van der Waals surface area contributed by atoms with Gasteiger partial charge in [0.2, 0.25) is 5.95 Å². The fourth-order valence-electron chi connectivity index (χ4n) is 3.49. The molecular formula is C21H29N5O. The normalized spacial score (nSPS) is 19.4. The SMILES string of the molecule is Cc1cccc(C(=O)NC[C@H]2CC[C@@H](Nc3nccc(N(C)C)n3)CC2)c1. The Bertz CT molecular complexity index is 769. The molecule has 2 N–H and O–H groups in total. The first-order chi connectivity index (χ1) is 13.0. The molecule has 1 heterocycles. The molecule has 1 aromatic carbocycles. The molecule has 0 saturated heterocycles. The van der Waals surface area contributed by atoms with Crippen molar-refractivity contribution in [2.75, 3.05) is 30.9 Å². The molecule has 1 aromatic heterocycles. The molecule has 1 amide bonds. The lowest BCUT2D eigenvalue weighted by Crippen LogP contribution is -2.34. The number of nitrogens with one attached hydrogen (secondary N) is 2. The number of benzene rings is 1. The summed E-state index contributed by atoms with van der Waals surface area (Å²) in [6.45, 7) is 2.75. The molecule has 0 spiro atoms. The van der Waals surface area contributed by atoms with Gasteiger partial charge in [-0.15, -0.1) is 0 Å². The number of nitrogens with zero attached hydrogens (tertiary/aromatic N) is 3. The average molecular weight is 367 g/mol. The standard InChI is InChI=1S/C21H29N5O/c1-15-5-4-6-17(13-15)20(27)23-14-16-7-9-18(10-8-16)24-21-22-12-11-19(25-21)26(2)3/h4-6,11-13,16,18H,7-10,14H2,1-3H3,(H,23,27)(H,22,24,25)/t16-,18+. The molecule has 0 aliphatic heterocycles. The third kappa shape index (κ3) is 5.42. The zero-order chi connectivity index (χ0) is 19.2. The van der Waals surface area contributed by atoms with Crippen molar-refractivity contribution in [2.24, 2.45) is 5.92 Å². The lowest BCUT2D eigenvalue weighted by atomic mass is 9.86. The van der Waals surface area contributed by atoms with Crippen LogP contribution >= 0.6 is 0 Å². The topological polar surface area (TPSA) is 70.2 Å². The monoisotopic (exact) mass is 367 g/mol. The molecule has 0 unspecified atom stereocenters. The van der Waals surface area contributed by atoms with Crippen LogP contribution in [0.4, 0.5) is 11.8 Å². The molecule has 6 heteroatoms. The van der Waals surface area contributed by atoms with Gasteiger partial charge >= 0.3 is 0 Å². The summed E-state index contributed by atoms with van der Waals surface area (Å²) in [7, 11) is 3.95. The fraction of sp³-hybridized carbons (Fsp3) is 0.476. The number of anilines is 2. The van der Waals surface area contributed by atoms with Crippen molar-refractivity contribution in [3.8, 4) is 0 Å². The van der Waals surface area contributed by atoms with Crippen molar-refractivity contribution in [3.05, 3.63) is 47.7 Å². The van der Waals surface area contributed by atoms with Crippen LogP contribution in [0.5, 0.6) is 0 Å². The van der Waals surface area contributed by atoms with Gasteiger partial charge in [0.15, 0.2) is 0 Å². The second kappa shape index (κ2) is 8.84. The molecule has 27 heavy (non-hydrogen) atoms. The predicted molar refractivity (Wildman–Crippen MR) is 109 cm³/mol. The van der Waals surface area contributed by atoms with Gasteiger partial charge in [-0.2, -0.15) is 4.98 Å². The van der Waals surface area contributed by atoms with E-state index in [1.807, 2.05) is 56.3 Å². The minimum absolute atomic E-state index is 0.0212. The number of aryl methyl sites for hydroxylation is 1. The lowest BCUT2D eigenvalue weighted by Gasteiger charge is -2.29. The third-order valence-electron chi connectivity index (χ3n) is 5.11. The van der Waals surface area contributed by atoms with Crippen molar-refractivity contribution >= 4 is 17.7 Å². The second-order valence-electron chi connectivity index (χ2n) is 7.57. The molecule has 3 rings (SSSR count). The molecule has 0 radical (unpaired) electrons. The minimum Gasteiger partial charge on any atom is -0.363 e. The van der Waals surface area contributed by atoms with Gasteiger partial charge in [0, 0.05) is 38.4 Å². The Balaban J connectivity index is 1.44. The molecule has 144 valence electrons. The van der Waals surface area contributed by atoms with Crippen LogP contribution in [0.15, 0.2) is 36.5 Å². The molecule has 1 aliphatic rings. The van der Waals surface area contributed by atoms with Crippen molar-refractivity contribution in [1.82, 2.24) is 15.3 Å². The van der Waals surface area contributed by atoms with Crippen molar-refractivity contribution in [3.63, 3.8) is 0 Å². The van der Waals surface area contributed by atoms with Gasteiger partial charge in [0.05, 0.1) is 0 Å². The Morgan fingerprint density at radius 2 is 1.96 bits per heavy atom. The molecule has 1 fully saturated rings. The summed E-state index contributed by atoms with van der Waals surface area (Å²) in [5.74, 6) is 2.15. The Labute approximate surface area is 161 Å². The van der Waals surface area contributed by atoms with Crippen LogP contribution in [0.3, 0.4) is 0 Å². The molecule has 1 aliphatic carbocycles. The van der Waals surface area contributed by atoms with Crippen molar-refractivity contribution in [1.29, 1.82) is 0 Å². The maximum Gasteiger partial charge on any atom is 0.251 e. The molecule has 1 saturated carbocycles. The Kier molecular flexibility index (Phi) is 6.27. The van der Waals surface area contributed by atoms with Crippen molar-refractivity contribution in [2.45, 2.75) is 38.6 Å². The Morgan fingerprint density at radius 1 is 1.19 bits per heavy atom. The first kappa shape index (κ1) is 19.1. The number of carbonyl (C=O) groups excluding carboxylic acids is 1. The highest BCUT2D eigenvalue weighted by molar-refractivity contribution is 5.94. The predicted octanol–water partition coefficient (Wildman–Crippen LogP) is 3.25. The number of aromatic nitrogens is 2. The Hall–Kier alpha value is -2.63. The summed E-state index contributed by atoms with van der Waals surface area (Å²) in [4.78, 5) is 23.1. The van der Waals surface area contributed by atoms with E-state index in [0.717, 1.165) is 49.2 Å². The highest BCUT2D eigenvalue weighted by Gasteiger charge is 2.22. The van der Waals surface area contributed by atoms with E-state index in [0.29, 0.717) is 17.9 Å². The maximum absolute atomic E-state index is 12.3. The number of carbonyl (C=O) groups is 1. The third-order valence-corrected chi connectivity index (χ3v) is 5.11. The van der Waals surface area contributed by atoms with Gasteiger partial charge in [-0.25, -0.2) is 4.98 Å². The van der Waals surface area contributed by atoms with E-state index in [-0.39, 0.29) is 5.91 Å². The first-order valence-electron chi connectivity index (χ1n) is 9.63. The van der Waals surface area contributed by atoms with Crippen LogP contribution in [0, 0.1) is 12.8 Å². The van der Waals surface area contributed by atoms with Gasteiger partial charge in [-0.05, 0) is 56.7 Å². The average Bonchev–Trinajstić information content (AvgIpc) is 2.67. The van der Waals surface area contributed by atoms with Crippen LogP contribution < -0.4 is 15.5 Å². The minimum atomic E-state index is 0.0212. The molecule has 0 bridgehead atoms. The van der Waals surface area contributed by atoms with E-state index in [9.17, 15) is 4.79 Å². The summed E-state index contributed by atoms with van der Waals surface area (Å²) >= 11 is 0. The van der Waals surface area contributed by atoms with E-state index in [1.165, 1.54) is 0 Å². The zero-order valence-corrected chi connectivity index (χ0v) is 16.4. The fourth-order valence-corrected chi connectivity index (χ4v) is 3.49. The van der Waals surface area contributed by atoms with Crippen LogP contribution in [0.25, 0.3) is 0 Å². The highest BCUT2D eigenvalue weighted by Crippen LogP contribution is 2.26. The number of rotatable bonds is 6. The van der Waals surface area contributed by atoms with Gasteiger partial charge in [0.1, 0.15) is 5.82 Å². The summed E-state index contributed by atoms with van der Waals surface area (Å²) in [6.07, 6.45) is 6.12. The number of amides is 1. The quantitative estimate of drug-likeness (QED) is 0.820. The van der Waals surface area contributed by atoms with E-state index < -0.39 is 0 Å². The highest BCUT2D eigenvalue weighted by atomic mass is 16.1. The van der Waals surface area contributed by atoms with E-state index in [2.05, 4.69) is 20.6 Å². The number of hydrogen-bond acceptors (Lipinski definition) is 5. The van der Waals surface area contributed by atoms with Gasteiger partial charge < -0.3 is 15.5 Å². The second-order valence-corrected chi connectivity index (χ2v) is 7.57. The van der Waals surface area contributed by atoms with Crippen LogP contribution in [-0.4, -0.2) is 42.6 Å². The summed E-state index contributed by atoms with van der Waals surface area (Å²) in [5, 5.41) is 6.55. The van der Waals surface area contributed by atoms with Gasteiger partial charge in [0.25, 0.3) is 5.91 Å². The smallest absolute Gasteiger partial charge is 0.251 e. The van der Waals surface area contributed by atoms with E-state index >= 15 is 0 Å². The molecule has 2 aromatic rings. The van der Waals surface area contributed by atoms with Crippen molar-refractivity contribution < 1.29 is 4.79 Å². The van der Waals surface area contributed by atoms with E-state index in [4.69, 9.17) is 0 Å². The summed E-state index contributed by atoms with van der Waals surface area (Å²) in [5.41, 5.74) is 1.85. The largest absolute Gasteiger partial charge is 0.363 e. The number of hydrogen-bond donors (Lipinski definition) is 2. The molecular weight excluding hydrogens is 338 g/mol. The first-order valence-corrected chi connectivity index (χ1v) is 9.63.